The van der Waals surface area contributed by atoms with Crippen molar-refractivity contribution in [3.63, 3.8) is 0 Å². The van der Waals surface area contributed by atoms with Gasteiger partial charge in [-0.2, -0.15) is 5.26 Å². The van der Waals surface area contributed by atoms with Crippen molar-refractivity contribution in [3.05, 3.63) is 71.3 Å². The second-order valence-corrected chi connectivity index (χ2v) is 4.89. The zero-order valence-corrected chi connectivity index (χ0v) is 12.3. The third-order valence-electron chi connectivity index (χ3n) is 3.37. The van der Waals surface area contributed by atoms with Gasteiger partial charge in [-0.1, -0.05) is 42.5 Å². The van der Waals surface area contributed by atoms with Crippen LogP contribution >= 0.6 is 12.4 Å². The maximum absolute atomic E-state index is 8.95. The van der Waals surface area contributed by atoms with E-state index in [1.807, 2.05) is 43.3 Å². The number of nitriles is 1. The van der Waals surface area contributed by atoms with E-state index < -0.39 is 0 Å². The molecule has 0 saturated heterocycles. The minimum absolute atomic E-state index is 0. The fourth-order valence-electron chi connectivity index (χ4n) is 2.33. The molecule has 0 amide bonds. The van der Waals surface area contributed by atoms with Gasteiger partial charge in [0.2, 0.25) is 0 Å². The zero-order valence-electron chi connectivity index (χ0n) is 11.5. The first-order valence-corrected chi connectivity index (χ1v) is 6.50. The van der Waals surface area contributed by atoms with Crippen LogP contribution in [0.15, 0.2) is 54.6 Å². The largest absolute Gasteiger partial charge is 0.327 e. The Balaban J connectivity index is 0.00000200. The van der Waals surface area contributed by atoms with Gasteiger partial charge in [0.05, 0.1) is 11.6 Å². The maximum atomic E-state index is 8.95. The maximum Gasteiger partial charge on any atom is 0.0991 e. The van der Waals surface area contributed by atoms with Gasteiger partial charge in [-0.15, -0.1) is 12.4 Å². The van der Waals surface area contributed by atoms with Crippen molar-refractivity contribution in [2.75, 3.05) is 0 Å². The highest BCUT2D eigenvalue weighted by molar-refractivity contribution is 5.85. The highest BCUT2D eigenvalue weighted by atomic mass is 35.5. The average molecular weight is 287 g/mol. The SMILES string of the molecule is CC(N)C(Cc1cccc(C#N)c1)c1ccccc1.Cl. The fraction of sp³-hybridized carbons (Fsp3) is 0.235. The molecule has 0 heterocycles. The van der Waals surface area contributed by atoms with Gasteiger partial charge in [0.25, 0.3) is 0 Å². The molecule has 2 N–H and O–H groups in total. The van der Waals surface area contributed by atoms with Gasteiger partial charge in [0.15, 0.2) is 0 Å². The van der Waals surface area contributed by atoms with Crippen molar-refractivity contribution in [2.45, 2.75) is 25.3 Å². The van der Waals surface area contributed by atoms with E-state index in [9.17, 15) is 0 Å². The second-order valence-electron chi connectivity index (χ2n) is 4.89. The van der Waals surface area contributed by atoms with Gasteiger partial charge in [-0.05, 0) is 36.6 Å². The summed E-state index contributed by atoms with van der Waals surface area (Å²) in [6, 6.07) is 20.3. The van der Waals surface area contributed by atoms with E-state index in [2.05, 4.69) is 24.3 Å². The third-order valence-corrected chi connectivity index (χ3v) is 3.37. The molecule has 0 fully saturated rings. The average Bonchev–Trinajstić information content (AvgIpc) is 2.45. The summed E-state index contributed by atoms with van der Waals surface area (Å²) in [7, 11) is 0. The second kappa shape index (κ2) is 7.69. The molecule has 0 radical (unpaired) electrons. The molecule has 2 aromatic carbocycles. The quantitative estimate of drug-likeness (QED) is 0.932. The third kappa shape index (κ3) is 4.09. The molecular formula is C17H19ClN2. The van der Waals surface area contributed by atoms with E-state index in [1.54, 1.807) is 0 Å². The first kappa shape index (κ1) is 16.2. The molecule has 2 aromatic rings. The Bertz CT molecular complexity index is 573. The highest BCUT2D eigenvalue weighted by Crippen LogP contribution is 2.23. The fourth-order valence-corrected chi connectivity index (χ4v) is 2.33. The first-order valence-electron chi connectivity index (χ1n) is 6.50. The number of hydrogen-bond donors (Lipinski definition) is 1. The summed E-state index contributed by atoms with van der Waals surface area (Å²) in [5, 5.41) is 8.95. The lowest BCUT2D eigenvalue weighted by atomic mass is 9.87. The highest BCUT2D eigenvalue weighted by Gasteiger charge is 2.16. The molecule has 2 unspecified atom stereocenters. The number of hydrogen-bond acceptors (Lipinski definition) is 2. The minimum atomic E-state index is 0. The van der Waals surface area contributed by atoms with Crippen molar-refractivity contribution in [1.82, 2.24) is 0 Å². The Morgan fingerprint density at radius 2 is 1.80 bits per heavy atom. The normalized spacial score (nSPS) is 12.8. The number of benzene rings is 2. The molecule has 0 aliphatic rings. The number of halogens is 1. The van der Waals surface area contributed by atoms with Crippen LogP contribution in [0.3, 0.4) is 0 Å². The molecule has 20 heavy (non-hydrogen) atoms. The van der Waals surface area contributed by atoms with E-state index in [1.165, 1.54) is 5.56 Å². The molecule has 0 bridgehead atoms. The van der Waals surface area contributed by atoms with Crippen molar-refractivity contribution < 1.29 is 0 Å². The lowest BCUT2D eigenvalue weighted by Crippen LogP contribution is -2.26. The van der Waals surface area contributed by atoms with Crippen molar-refractivity contribution in [2.24, 2.45) is 5.73 Å². The van der Waals surface area contributed by atoms with Gasteiger partial charge in [-0.25, -0.2) is 0 Å². The minimum Gasteiger partial charge on any atom is -0.327 e. The van der Waals surface area contributed by atoms with Crippen LogP contribution in [0.4, 0.5) is 0 Å². The lowest BCUT2D eigenvalue weighted by molar-refractivity contribution is 0.565. The molecule has 2 rings (SSSR count). The molecule has 0 aliphatic carbocycles. The van der Waals surface area contributed by atoms with Crippen LogP contribution in [0.25, 0.3) is 0 Å². The number of nitrogens with zero attached hydrogens (tertiary/aromatic N) is 1. The topological polar surface area (TPSA) is 49.8 Å². The Morgan fingerprint density at radius 1 is 1.10 bits per heavy atom. The Hall–Kier alpha value is -1.82. The van der Waals surface area contributed by atoms with Crippen LogP contribution in [0, 0.1) is 11.3 Å². The summed E-state index contributed by atoms with van der Waals surface area (Å²) in [4.78, 5) is 0. The molecular weight excluding hydrogens is 268 g/mol. The van der Waals surface area contributed by atoms with Crippen LogP contribution in [-0.4, -0.2) is 6.04 Å². The van der Waals surface area contributed by atoms with E-state index in [0.717, 1.165) is 12.0 Å². The Labute approximate surface area is 126 Å². The summed E-state index contributed by atoms with van der Waals surface area (Å²) in [5.74, 6) is 0.273. The molecule has 2 nitrogen and oxygen atoms in total. The van der Waals surface area contributed by atoms with Crippen molar-refractivity contribution in [1.29, 1.82) is 5.26 Å². The van der Waals surface area contributed by atoms with Gasteiger partial charge < -0.3 is 5.73 Å². The van der Waals surface area contributed by atoms with Crippen LogP contribution in [0.1, 0.15) is 29.5 Å². The first-order chi connectivity index (χ1) is 9.20. The molecule has 0 spiro atoms. The van der Waals surface area contributed by atoms with E-state index in [4.69, 9.17) is 11.0 Å². The van der Waals surface area contributed by atoms with E-state index >= 15 is 0 Å². The van der Waals surface area contributed by atoms with Gasteiger partial charge >= 0.3 is 0 Å². The predicted molar refractivity (Wildman–Crippen MR) is 84.9 cm³/mol. The summed E-state index contributed by atoms with van der Waals surface area (Å²) in [6.07, 6.45) is 0.858. The van der Waals surface area contributed by atoms with Crippen molar-refractivity contribution >= 4 is 12.4 Å². The van der Waals surface area contributed by atoms with Crippen LogP contribution < -0.4 is 5.73 Å². The summed E-state index contributed by atoms with van der Waals surface area (Å²) >= 11 is 0. The summed E-state index contributed by atoms with van der Waals surface area (Å²) in [5.41, 5.74) is 9.23. The summed E-state index contributed by atoms with van der Waals surface area (Å²) < 4.78 is 0. The van der Waals surface area contributed by atoms with E-state index in [0.29, 0.717) is 5.56 Å². The number of nitrogens with two attached hydrogens (primary N) is 1. The zero-order chi connectivity index (χ0) is 13.7. The lowest BCUT2D eigenvalue weighted by Gasteiger charge is -2.21. The number of rotatable bonds is 4. The molecule has 3 heteroatoms. The summed E-state index contributed by atoms with van der Waals surface area (Å²) in [6.45, 7) is 2.03. The standard InChI is InChI=1S/C17H18N2.ClH/c1-13(19)17(16-8-3-2-4-9-16)11-14-6-5-7-15(10-14)12-18;/h2-10,13,17H,11,19H2,1H3;1H. The molecule has 0 aromatic heterocycles. The van der Waals surface area contributed by atoms with Crippen molar-refractivity contribution in [3.8, 4) is 6.07 Å². The molecule has 104 valence electrons. The Kier molecular flexibility index (Phi) is 6.24. The molecule has 0 saturated carbocycles. The van der Waals surface area contributed by atoms with Gasteiger partial charge in [-0.3, -0.25) is 0 Å². The van der Waals surface area contributed by atoms with E-state index in [-0.39, 0.29) is 24.4 Å². The smallest absolute Gasteiger partial charge is 0.0991 e. The van der Waals surface area contributed by atoms with Gasteiger partial charge in [0, 0.05) is 12.0 Å². The Morgan fingerprint density at radius 3 is 2.40 bits per heavy atom. The molecule has 0 aliphatic heterocycles. The van der Waals surface area contributed by atoms with Crippen LogP contribution in [-0.2, 0) is 6.42 Å². The predicted octanol–water partition coefficient (Wildman–Crippen LogP) is 3.65. The van der Waals surface area contributed by atoms with Crippen LogP contribution in [0.5, 0.6) is 0 Å². The molecule has 2 atom stereocenters. The van der Waals surface area contributed by atoms with Crippen LogP contribution in [0.2, 0.25) is 0 Å². The van der Waals surface area contributed by atoms with Gasteiger partial charge in [0.1, 0.15) is 0 Å². The monoisotopic (exact) mass is 286 g/mol.